The van der Waals surface area contributed by atoms with Gasteiger partial charge < -0.3 is 0 Å². The minimum Gasteiger partial charge on any atom is -0.115 e. The number of unbranched alkanes of at least 4 members (excludes halogenated alkanes) is 18. The molecule has 1 rings (SSSR count). The summed E-state index contributed by atoms with van der Waals surface area (Å²) >= 11 is 0. The van der Waals surface area contributed by atoms with Crippen LogP contribution in [0.2, 0.25) is 0 Å². The largest absolute Gasteiger partial charge is 0.115 e. The van der Waals surface area contributed by atoms with Crippen molar-refractivity contribution in [3.8, 4) is 24.7 Å². The first-order valence-electron chi connectivity index (χ1n) is 14.9. The summed E-state index contributed by atoms with van der Waals surface area (Å²) < 4.78 is 0. The lowest BCUT2D eigenvalue weighted by Gasteiger charge is -2.11. The van der Waals surface area contributed by atoms with Gasteiger partial charge >= 0.3 is 0 Å². The van der Waals surface area contributed by atoms with Gasteiger partial charge in [0.15, 0.2) is 0 Å². The van der Waals surface area contributed by atoms with Gasteiger partial charge in [0.25, 0.3) is 0 Å². The maximum Gasteiger partial charge on any atom is 0.0278 e. The lowest BCUT2D eigenvalue weighted by atomic mass is 9.92. The maximum absolute atomic E-state index is 5.88. The van der Waals surface area contributed by atoms with E-state index in [4.69, 9.17) is 12.8 Å². The van der Waals surface area contributed by atoms with Crippen molar-refractivity contribution in [2.45, 2.75) is 155 Å². The average Bonchev–Trinajstić information content (AvgIpc) is 2.86. The summed E-state index contributed by atoms with van der Waals surface area (Å²) in [5, 5.41) is 0. The van der Waals surface area contributed by atoms with Crippen LogP contribution < -0.4 is 0 Å². The molecular formula is C34H54. The van der Waals surface area contributed by atoms with Crippen LogP contribution in [0.15, 0.2) is 12.1 Å². The molecule has 0 fully saturated rings. The topological polar surface area (TPSA) is 0 Å². The Morgan fingerprint density at radius 1 is 0.441 bits per heavy atom. The minimum atomic E-state index is 1.06. The van der Waals surface area contributed by atoms with E-state index in [1.165, 1.54) is 140 Å². The molecule has 0 aliphatic rings. The molecule has 0 heterocycles. The predicted molar refractivity (Wildman–Crippen MR) is 153 cm³/mol. The molecule has 0 spiro atoms. The van der Waals surface area contributed by atoms with Crippen molar-refractivity contribution in [1.29, 1.82) is 0 Å². The van der Waals surface area contributed by atoms with Gasteiger partial charge in [0.1, 0.15) is 0 Å². The van der Waals surface area contributed by atoms with Crippen LogP contribution in [0, 0.1) is 24.7 Å². The normalized spacial score (nSPS) is 10.8. The molecule has 34 heavy (non-hydrogen) atoms. The molecule has 0 aliphatic carbocycles. The Kier molecular flexibility index (Phi) is 19.5. The molecule has 1 aromatic carbocycles. The first kappa shape index (κ1) is 30.4. The first-order valence-corrected chi connectivity index (χ1v) is 14.9. The van der Waals surface area contributed by atoms with Crippen molar-refractivity contribution in [2.75, 3.05) is 0 Å². The van der Waals surface area contributed by atoms with E-state index in [9.17, 15) is 0 Å². The molecule has 190 valence electrons. The highest BCUT2D eigenvalue weighted by Gasteiger charge is 2.08. The maximum atomic E-state index is 5.88. The number of hydrogen-bond acceptors (Lipinski definition) is 0. The Balaban J connectivity index is 2.29. The molecule has 0 radical (unpaired) electrons. The summed E-state index contributed by atoms with van der Waals surface area (Å²) in [4.78, 5) is 0. The number of hydrogen-bond donors (Lipinski definition) is 0. The minimum absolute atomic E-state index is 1.06. The Bertz CT molecular complexity index is 634. The van der Waals surface area contributed by atoms with Crippen LogP contribution in [0.5, 0.6) is 0 Å². The van der Waals surface area contributed by atoms with Gasteiger partial charge in [-0.05, 0) is 48.9 Å². The zero-order chi connectivity index (χ0) is 24.7. The fourth-order valence-electron chi connectivity index (χ4n) is 4.98. The molecule has 0 nitrogen and oxygen atoms in total. The van der Waals surface area contributed by atoms with Crippen LogP contribution in [-0.4, -0.2) is 0 Å². The monoisotopic (exact) mass is 462 g/mol. The third kappa shape index (κ3) is 14.6. The van der Waals surface area contributed by atoms with E-state index in [-0.39, 0.29) is 0 Å². The highest BCUT2D eigenvalue weighted by molar-refractivity contribution is 5.51. The summed E-state index contributed by atoms with van der Waals surface area (Å²) in [5.74, 6) is 5.89. The van der Waals surface area contributed by atoms with Crippen LogP contribution in [0.4, 0.5) is 0 Å². The van der Waals surface area contributed by atoms with Crippen molar-refractivity contribution in [3.05, 3.63) is 34.4 Å². The zero-order valence-electron chi connectivity index (χ0n) is 22.9. The van der Waals surface area contributed by atoms with Crippen LogP contribution in [-0.2, 0) is 12.8 Å². The molecular weight excluding hydrogens is 408 g/mol. The van der Waals surface area contributed by atoms with Gasteiger partial charge in [-0.2, -0.15) is 0 Å². The van der Waals surface area contributed by atoms with E-state index >= 15 is 0 Å². The Morgan fingerprint density at radius 3 is 0.971 bits per heavy atom. The molecule has 0 saturated heterocycles. The fraction of sp³-hybridized carbons (Fsp3) is 0.706. The highest BCUT2D eigenvalue weighted by atomic mass is 14.1. The van der Waals surface area contributed by atoms with E-state index in [0.29, 0.717) is 0 Å². The van der Waals surface area contributed by atoms with Gasteiger partial charge in [0.05, 0.1) is 0 Å². The Labute approximate surface area is 214 Å². The molecule has 0 amide bonds. The summed E-state index contributed by atoms with van der Waals surface area (Å²) in [6, 6.07) is 4.43. The SMILES string of the molecule is C#Cc1cc(CCCCCCCCCCCC)c(C#C)cc1CCCCCCCCCCCC. The van der Waals surface area contributed by atoms with Gasteiger partial charge in [-0.3, -0.25) is 0 Å². The molecule has 0 saturated carbocycles. The fourth-order valence-corrected chi connectivity index (χ4v) is 4.98. The second-order valence-corrected chi connectivity index (χ2v) is 10.3. The Hall–Kier alpha value is -1.66. The van der Waals surface area contributed by atoms with Crippen molar-refractivity contribution in [2.24, 2.45) is 0 Å². The average molecular weight is 463 g/mol. The van der Waals surface area contributed by atoms with Crippen molar-refractivity contribution < 1.29 is 0 Å². The molecule has 0 N–H and O–H groups in total. The molecule has 0 aliphatic heterocycles. The van der Waals surface area contributed by atoms with E-state index in [2.05, 4.69) is 37.8 Å². The van der Waals surface area contributed by atoms with E-state index in [1.54, 1.807) is 0 Å². The molecule has 0 atom stereocenters. The number of terminal acetylenes is 2. The van der Waals surface area contributed by atoms with Crippen LogP contribution >= 0.6 is 0 Å². The summed E-state index contributed by atoms with van der Waals surface area (Å²) in [7, 11) is 0. The van der Waals surface area contributed by atoms with Gasteiger partial charge in [-0.25, -0.2) is 0 Å². The molecule has 0 aromatic heterocycles. The molecule has 0 unspecified atom stereocenters. The third-order valence-electron chi connectivity index (χ3n) is 7.24. The highest BCUT2D eigenvalue weighted by Crippen LogP contribution is 2.22. The molecule has 0 bridgehead atoms. The van der Waals surface area contributed by atoms with Crippen molar-refractivity contribution in [3.63, 3.8) is 0 Å². The van der Waals surface area contributed by atoms with Gasteiger partial charge in [-0.15, -0.1) is 12.8 Å². The van der Waals surface area contributed by atoms with Crippen molar-refractivity contribution >= 4 is 0 Å². The third-order valence-corrected chi connectivity index (χ3v) is 7.24. The lowest BCUT2D eigenvalue weighted by molar-refractivity contribution is 0.555. The van der Waals surface area contributed by atoms with Gasteiger partial charge in [0.2, 0.25) is 0 Å². The van der Waals surface area contributed by atoms with Crippen molar-refractivity contribution in [1.82, 2.24) is 0 Å². The van der Waals surface area contributed by atoms with E-state index in [0.717, 1.165) is 24.0 Å². The summed E-state index contributed by atoms with van der Waals surface area (Å²) in [6.07, 6.45) is 41.1. The summed E-state index contributed by atoms with van der Waals surface area (Å²) in [5.41, 5.74) is 4.69. The number of aryl methyl sites for hydroxylation is 2. The van der Waals surface area contributed by atoms with Gasteiger partial charge in [0, 0.05) is 11.1 Å². The second-order valence-electron chi connectivity index (χ2n) is 10.3. The van der Waals surface area contributed by atoms with Crippen LogP contribution in [0.1, 0.15) is 165 Å². The number of rotatable bonds is 22. The van der Waals surface area contributed by atoms with Crippen LogP contribution in [0.25, 0.3) is 0 Å². The number of benzene rings is 1. The standard InChI is InChI=1S/C34H54/c1-5-9-11-13-15-17-19-21-23-25-27-33-29-32(8-4)34(30-31(33)7-3)28-26-24-22-20-18-16-14-12-10-6-2/h3-4,29-30H,5-6,9-28H2,1-2H3. The summed E-state index contributed by atoms with van der Waals surface area (Å²) in [6.45, 7) is 4.56. The lowest BCUT2D eigenvalue weighted by Crippen LogP contribution is -1.99. The Morgan fingerprint density at radius 2 is 0.706 bits per heavy atom. The van der Waals surface area contributed by atoms with Gasteiger partial charge in [-0.1, -0.05) is 141 Å². The predicted octanol–water partition coefficient (Wildman–Crippen LogP) is 10.6. The zero-order valence-corrected chi connectivity index (χ0v) is 22.9. The quantitative estimate of drug-likeness (QED) is 0.119. The second kappa shape index (κ2) is 21.8. The first-order chi connectivity index (χ1) is 16.8. The van der Waals surface area contributed by atoms with E-state index in [1.807, 2.05) is 0 Å². The molecule has 0 heteroatoms. The smallest absolute Gasteiger partial charge is 0.0278 e. The molecule has 1 aromatic rings. The van der Waals surface area contributed by atoms with E-state index < -0.39 is 0 Å². The van der Waals surface area contributed by atoms with Crippen LogP contribution in [0.3, 0.4) is 0 Å².